The number of benzene rings is 2. The lowest BCUT2D eigenvalue weighted by Crippen LogP contribution is -2.24. The first kappa shape index (κ1) is 22.9. The number of thioether (sulfide) groups is 1. The van der Waals surface area contributed by atoms with Gasteiger partial charge in [-0.25, -0.2) is 4.98 Å². The molecule has 4 rings (SSSR count). The van der Waals surface area contributed by atoms with Crippen molar-refractivity contribution in [2.24, 2.45) is 0 Å². The van der Waals surface area contributed by atoms with Crippen LogP contribution in [0.15, 0.2) is 69.9 Å². The third-order valence-electron chi connectivity index (χ3n) is 4.97. The molecule has 0 bridgehead atoms. The number of aromatic nitrogens is 2. The van der Waals surface area contributed by atoms with Crippen molar-refractivity contribution in [1.82, 2.24) is 9.55 Å². The molecular formula is C24H23N3O4S2. The summed E-state index contributed by atoms with van der Waals surface area (Å²) in [6.45, 7) is 0.487. The van der Waals surface area contributed by atoms with Crippen molar-refractivity contribution < 1.29 is 14.3 Å². The van der Waals surface area contributed by atoms with Crippen molar-refractivity contribution >= 4 is 44.9 Å². The molecule has 0 fully saturated rings. The van der Waals surface area contributed by atoms with Gasteiger partial charge in [0.1, 0.15) is 16.2 Å². The van der Waals surface area contributed by atoms with Crippen molar-refractivity contribution in [2.45, 2.75) is 18.1 Å². The molecule has 4 aromatic rings. The van der Waals surface area contributed by atoms with Crippen molar-refractivity contribution in [3.63, 3.8) is 0 Å². The van der Waals surface area contributed by atoms with Gasteiger partial charge in [0.05, 0.1) is 25.5 Å². The summed E-state index contributed by atoms with van der Waals surface area (Å²) < 4.78 is 12.8. The molecule has 0 atom stereocenters. The number of amides is 1. The van der Waals surface area contributed by atoms with E-state index in [4.69, 9.17) is 9.47 Å². The van der Waals surface area contributed by atoms with Gasteiger partial charge >= 0.3 is 0 Å². The van der Waals surface area contributed by atoms with Gasteiger partial charge in [0.2, 0.25) is 5.91 Å². The number of hydrogen-bond acceptors (Lipinski definition) is 7. The lowest BCUT2D eigenvalue weighted by atomic mass is 10.1. The van der Waals surface area contributed by atoms with E-state index in [1.54, 1.807) is 37.0 Å². The minimum Gasteiger partial charge on any atom is -0.497 e. The van der Waals surface area contributed by atoms with Crippen LogP contribution in [-0.2, 0) is 17.8 Å². The monoisotopic (exact) mass is 481 g/mol. The summed E-state index contributed by atoms with van der Waals surface area (Å²) in [7, 11) is 3.11. The van der Waals surface area contributed by atoms with Gasteiger partial charge in [-0.15, -0.1) is 11.3 Å². The second kappa shape index (κ2) is 10.5. The highest BCUT2D eigenvalue weighted by Crippen LogP contribution is 2.26. The second-order valence-electron chi connectivity index (χ2n) is 7.16. The van der Waals surface area contributed by atoms with Crippen LogP contribution in [0.4, 0.5) is 5.69 Å². The summed E-state index contributed by atoms with van der Waals surface area (Å²) in [4.78, 5) is 30.4. The van der Waals surface area contributed by atoms with Gasteiger partial charge in [0.25, 0.3) is 5.56 Å². The number of thiophene rings is 1. The predicted molar refractivity (Wildman–Crippen MR) is 133 cm³/mol. The third kappa shape index (κ3) is 5.55. The Morgan fingerprint density at radius 3 is 2.52 bits per heavy atom. The molecule has 0 radical (unpaired) electrons. The smallest absolute Gasteiger partial charge is 0.272 e. The summed E-state index contributed by atoms with van der Waals surface area (Å²) in [6, 6.07) is 17.0. The fourth-order valence-corrected chi connectivity index (χ4v) is 4.93. The van der Waals surface area contributed by atoms with Gasteiger partial charge in [0, 0.05) is 30.4 Å². The molecule has 2 aromatic carbocycles. The number of rotatable bonds is 9. The number of carbonyl (C=O) groups is 1. The zero-order chi connectivity index (χ0) is 23.2. The fourth-order valence-electron chi connectivity index (χ4n) is 3.32. The van der Waals surface area contributed by atoms with Crippen molar-refractivity contribution in [1.29, 1.82) is 0 Å². The number of nitrogens with one attached hydrogen (secondary N) is 1. The maximum absolute atomic E-state index is 13.1. The van der Waals surface area contributed by atoms with Crippen molar-refractivity contribution in [3.05, 3.63) is 75.9 Å². The molecule has 0 unspecified atom stereocenters. The zero-order valence-electron chi connectivity index (χ0n) is 18.2. The Bertz CT molecular complexity index is 1300. The Morgan fingerprint density at radius 2 is 1.82 bits per heavy atom. The molecule has 2 aromatic heterocycles. The highest BCUT2D eigenvalue weighted by atomic mass is 32.2. The molecule has 0 aliphatic rings. The van der Waals surface area contributed by atoms with Crippen molar-refractivity contribution in [2.75, 3.05) is 25.3 Å². The Balaban J connectivity index is 1.51. The van der Waals surface area contributed by atoms with Gasteiger partial charge < -0.3 is 14.8 Å². The van der Waals surface area contributed by atoms with Gasteiger partial charge in [0.15, 0.2) is 5.16 Å². The molecule has 0 saturated heterocycles. The molecule has 0 aliphatic heterocycles. The molecular weight excluding hydrogens is 458 g/mol. The summed E-state index contributed by atoms with van der Waals surface area (Å²) in [6.07, 6.45) is 0.697. The van der Waals surface area contributed by atoms with E-state index in [2.05, 4.69) is 10.3 Å². The number of aryl methyl sites for hydroxylation is 1. The average molecular weight is 482 g/mol. The number of carbonyl (C=O) groups excluding carboxylic acids is 1. The van der Waals surface area contributed by atoms with Crippen LogP contribution < -0.4 is 20.3 Å². The van der Waals surface area contributed by atoms with E-state index in [0.29, 0.717) is 45.5 Å². The number of ether oxygens (including phenoxy) is 2. The van der Waals surface area contributed by atoms with Gasteiger partial charge in [-0.2, -0.15) is 0 Å². The standard InChI is InChI=1S/C24H23N3O4S2/c1-30-18-12-17(13-19(14-18)31-2)25-21(28)15-33-24-26-20-9-11-32-22(20)23(29)27(24)10-8-16-6-4-3-5-7-16/h3-7,9,11-14H,8,10,15H2,1-2H3,(H,25,28). The van der Waals surface area contributed by atoms with E-state index in [1.165, 1.54) is 23.1 Å². The van der Waals surface area contributed by atoms with E-state index < -0.39 is 0 Å². The summed E-state index contributed by atoms with van der Waals surface area (Å²) >= 11 is 2.63. The topological polar surface area (TPSA) is 82.5 Å². The Labute approximate surface area is 199 Å². The molecule has 7 nitrogen and oxygen atoms in total. The maximum atomic E-state index is 13.1. The Kier molecular flexibility index (Phi) is 7.31. The highest BCUT2D eigenvalue weighted by Gasteiger charge is 2.15. The van der Waals surface area contributed by atoms with E-state index in [9.17, 15) is 9.59 Å². The van der Waals surface area contributed by atoms with Gasteiger partial charge in [-0.3, -0.25) is 14.2 Å². The molecule has 9 heteroatoms. The lowest BCUT2D eigenvalue weighted by Gasteiger charge is -2.13. The first-order valence-electron chi connectivity index (χ1n) is 10.2. The largest absolute Gasteiger partial charge is 0.497 e. The molecule has 0 spiro atoms. The summed E-state index contributed by atoms with van der Waals surface area (Å²) in [5.41, 5.74) is 2.28. The quantitative estimate of drug-likeness (QED) is 0.281. The van der Waals surface area contributed by atoms with Crippen LogP contribution in [0.2, 0.25) is 0 Å². The number of fused-ring (bicyclic) bond motifs is 1. The average Bonchev–Trinajstić information content (AvgIpc) is 3.31. The minimum atomic E-state index is -0.218. The van der Waals surface area contributed by atoms with Crippen LogP contribution in [0.5, 0.6) is 11.5 Å². The molecule has 2 heterocycles. The third-order valence-corrected chi connectivity index (χ3v) is 6.83. The molecule has 0 aliphatic carbocycles. The number of hydrogen-bond donors (Lipinski definition) is 1. The highest BCUT2D eigenvalue weighted by molar-refractivity contribution is 7.99. The molecule has 0 saturated carbocycles. The molecule has 1 amide bonds. The van der Waals surface area contributed by atoms with Crippen LogP contribution in [0.3, 0.4) is 0 Å². The Morgan fingerprint density at radius 1 is 1.09 bits per heavy atom. The molecule has 170 valence electrons. The summed E-state index contributed by atoms with van der Waals surface area (Å²) in [5.74, 6) is 1.05. The van der Waals surface area contributed by atoms with Crippen molar-refractivity contribution in [3.8, 4) is 11.5 Å². The summed E-state index contributed by atoms with van der Waals surface area (Å²) in [5, 5.41) is 5.24. The lowest BCUT2D eigenvalue weighted by molar-refractivity contribution is -0.113. The first-order valence-corrected chi connectivity index (χ1v) is 12.1. The van der Waals surface area contributed by atoms with Crippen LogP contribution >= 0.6 is 23.1 Å². The SMILES string of the molecule is COc1cc(NC(=O)CSc2nc3ccsc3c(=O)n2CCc2ccccc2)cc(OC)c1. The van der Waals surface area contributed by atoms with E-state index in [-0.39, 0.29) is 17.2 Å². The fraction of sp³-hybridized carbons (Fsp3) is 0.208. The van der Waals surface area contributed by atoms with Crippen LogP contribution in [-0.4, -0.2) is 35.4 Å². The molecule has 1 N–H and O–H groups in total. The van der Waals surface area contributed by atoms with Crippen LogP contribution in [0.25, 0.3) is 10.2 Å². The number of methoxy groups -OCH3 is 2. The molecule has 33 heavy (non-hydrogen) atoms. The Hall–Kier alpha value is -3.30. The number of anilines is 1. The second-order valence-corrected chi connectivity index (χ2v) is 9.02. The van der Waals surface area contributed by atoms with Crippen LogP contribution in [0.1, 0.15) is 5.56 Å². The maximum Gasteiger partial charge on any atom is 0.272 e. The normalized spacial score (nSPS) is 10.8. The van der Waals surface area contributed by atoms with Gasteiger partial charge in [-0.1, -0.05) is 42.1 Å². The van der Waals surface area contributed by atoms with Gasteiger partial charge in [-0.05, 0) is 23.4 Å². The van der Waals surface area contributed by atoms with E-state index in [1.807, 2.05) is 41.8 Å². The number of nitrogens with zero attached hydrogens (tertiary/aromatic N) is 2. The van der Waals surface area contributed by atoms with E-state index >= 15 is 0 Å². The minimum absolute atomic E-state index is 0.0774. The van der Waals surface area contributed by atoms with E-state index in [0.717, 1.165) is 5.56 Å². The van der Waals surface area contributed by atoms with Crippen LogP contribution in [0, 0.1) is 0 Å². The zero-order valence-corrected chi connectivity index (χ0v) is 19.9. The first-order chi connectivity index (χ1) is 16.1. The predicted octanol–water partition coefficient (Wildman–Crippen LogP) is 4.45.